The number of aromatic nitrogens is 2. The number of nitrogens with zero attached hydrogens (tertiary/aromatic N) is 4. The Labute approximate surface area is 233 Å². The van der Waals surface area contributed by atoms with E-state index in [9.17, 15) is 19.1 Å². The smallest absolute Gasteiger partial charge is 0.340 e. The van der Waals surface area contributed by atoms with Crippen molar-refractivity contribution >= 4 is 34.5 Å². The predicted molar refractivity (Wildman–Crippen MR) is 149 cm³/mol. The minimum absolute atomic E-state index is 0.0431. The van der Waals surface area contributed by atoms with Crippen molar-refractivity contribution in [1.29, 1.82) is 0 Å². The van der Waals surface area contributed by atoms with Gasteiger partial charge in [0.2, 0.25) is 0 Å². The number of esters is 1. The van der Waals surface area contributed by atoms with Crippen molar-refractivity contribution < 1.29 is 19.0 Å². The topological polar surface area (TPSA) is 114 Å². The van der Waals surface area contributed by atoms with E-state index in [2.05, 4.69) is 21.3 Å². The molecular formula is C29H26FN5O4S. The third-order valence-corrected chi connectivity index (χ3v) is 8.99. The summed E-state index contributed by atoms with van der Waals surface area (Å²) < 4.78 is 23.5. The number of carbonyl (C=O) groups excluding carboxylic acids is 1. The molecule has 2 aromatic heterocycles. The lowest BCUT2D eigenvalue weighted by Gasteiger charge is -2.34. The summed E-state index contributed by atoms with van der Waals surface area (Å²) >= 11 is 1.75. The van der Waals surface area contributed by atoms with Crippen LogP contribution in [-0.2, 0) is 29.2 Å². The fourth-order valence-corrected chi connectivity index (χ4v) is 6.68. The van der Waals surface area contributed by atoms with Gasteiger partial charge in [0, 0.05) is 60.2 Å². The molecule has 3 aliphatic heterocycles. The molecule has 40 heavy (non-hydrogen) atoms. The largest absolute Gasteiger partial charge is 0.458 e. The van der Waals surface area contributed by atoms with Crippen molar-refractivity contribution in [2.45, 2.75) is 30.7 Å². The number of aliphatic hydroxyl groups excluding tert-OH is 1. The zero-order valence-electron chi connectivity index (χ0n) is 21.5. The number of anilines is 1. The maximum absolute atomic E-state index is 14.6. The average Bonchev–Trinajstić information content (AvgIpc) is 3.32. The molecule has 1 unspecified atom stereocenters. The first kappa shape index (κ1) is 25.2. The SMILES string of the molecule is Nc1cc2c(CN3CCN(Sc4ccccc4)CC3)c3c(nc2cc1F)-c1cc2c(c(=O)n1C3)COC(=O)C2O. The van der Waals surface area contributed by atoms with Gasteiger partial charge in [0.1, 0.15) is 12.4 Å². The zero-order chi connectivity index (χ0) is 27.5. The molecule has 0 bridgehead atoms. The molecule has 5 heterocycles. The highest BCUT2D eigenvalue weighted by molar-refractivity contribution is 7.97. The van der Waals surface area contributed by atoms with E-state index in [4.69, 9.17) is 15.5 Å². The first-order valence-corrected chi connectivity index (χ1v) is 13.9. The number of cyclic esters (lactones) is 1. The average molecular weight is 560 g/mol. The fourth-order valence-electron chi connectivity index (χ4n) is 5.76. The van der Waals surface area contributed by atoms with Crippen molar-refractivity contribution in [3.05, 3.63) is 87.0 Å². The van der Waals surface area contributed by atoms with Gasteiger partial charge in [0.15, 0.2) is 6.10 Å². The van der Waals surface area contributed by atoms with Gasteiger partial charge in [0.05, 0.1) is 34.7 Å². The monoisotopic (exact) mass is 559 g/mol. The normalized spacial score (nSPS) is 18.9. The van der Waals surface area contributed by atoms with Crippen LogP contribution in [0.1, 0.15) is 28.4 Å². The van der Waals surface area contributed by atoms with Crippen molar-refractivity contribution in [2.24, 2.45) is 0 Å². The number of aliphatic hydroxyl groups is 1. The third kappa shape index (κ3) is 4.17. The van der Waals surface area contributed by atoms with Gasteiger partial charge in [0.25, 0.3) is 5.56 Å². The van der Waals surface area contributed by atoms with E-state index in [0.29, 0.717) is 23.4 Å². The molecule has 9 nitrogen and oxygen atoms in total. The van der Waals surface area contributed by atoms with Crippen LogP contribution in [0.25, 0.3) is 22.3 Å². The number of fused-ring (bicyclic) bond motifs is 5. The Kier molecular flexibility index (Phi) is 6.12. The number of hydrogen-bond acceptors (Lipinski definition) is 9. The summed E-state index contributed by atoms with van der Waals surface area (Å²) in [5.74, 6) is -1.35. The Balaban J connectivity index is 1.26. The van der Waals surface area contributed by atoms with E-state index in [-0.39, 0.29) is 35.5 Å². The maximum Gasteiger partial charge on any atom is 0.340 e. The molecule has 0 aliphatic carbocycles. The molecule has 0 amide bonds. The second-order valence-corrected chi connectivity index (χ2v) is 11.5. The van der Waals surface area contributed by atoms with Crippen LogP contribution in [0.3, 0.4) is 0 Å². The van der Waals surface area contributed by atoms with Crippen LogP contribution >= 0.6 is 11.9 Å². The summed E-state index contributed by atoms with van der Waals surface area (Å²) in [6, 6.07) is 14.9. The van der Waals surface area contributed by atoms with Crippen LogP contribution in [0.5, 0.6) is 0 Å². The van der Waals surface area contributed by atoms with Gasteiger partial charge in [-0.3, -0.25) is 9.69 Å². The molecule has 7 rings (SSSR count). The van der Waals surface area contributed by atoms with Gasteiger partial charge < -0.3 is 20.1 Å². The molecule has 3 N–H and O–H groups in total. The molecule has 1 saturated heterocycles. The lowest BCUT2D eigenvalue weighted by atomic mass is 9.98. The van der Waals surface area contributed by atoms with E-state index in [1.807, 2.05) is 18.2 Å². The summed E-state index contributed by atoms with van der Waals surface area (Å²) in [5, 5.41) is 11.2. The molecular weight excluding hydrogens is 533 g/mol. The lowest BCUT2D eigenvalue weighted by molar-refractivity contribution is -0.157. The van der Waals surface area contributed by atoms with Crippen molar-refractivity contribution in [3.8, 4) is 11.4 Å². The van der Waals surface area contributed by atoms with Crippen molar-refractivity contribution in [3.63, 3.8) is 0 Å². The number of hydrogen-bond donors (Lipinski definition) is 2. The first-order valence-electron chi connectivity index (χ1n) is 13.1. The summed E-state index contributed by atoms with van der Waals surface area (Å²) in [4.78, 5) is 33.8. The number of benzene rings is 2. The minimum atomic E-state index is -1.53. The zero-order valence-corrected chi connectivity index (χ0v) is 22.3. The number of nitrogens with two attached hydrogens (primary N) is 1. The Morgan fingerprint density at radius 2 is 1.85 bits per heavy atom. The predicted octanol–water partition coefficient (Wildman–Crippen LogP) is 3.06. The Morgan fingerprint density at radius 1 is 1.07 bits per heavy atom. The molecule has 1 atom stereocenters. The summed E-state index contributed by atoms with van der Waals surface area (Å²) in [5.41, 5.74) is 9.50. The molecule has 0 radical (unpaired) electrons. The molecule has 1 fully saturated rings. The standard InChI is InChI=1S/C29H26FN5O4S/c30-22-12-24-17(10-23(22)31)19(13-33-6-8-34(9-7-33)40-16-4-2-1-3-5-16)20-14-35-25(26(20)32-24)11-18-21(28(35)37)15-39-29(38)27(18)36/h1-5,10-12,27,36H,6-9,13-15,31H2. The summed E-state index contributed by atoms with van der Waals surface area (Å²) in [6.45, 7) is 4.10. The highest BCUT2D eigenvalue weighted by atomic mass is 32.2. The highest BCUT2D eigenvalue weighted by Gasteiger charge is 2.35. The molecule has 204 valence electrons. The van der Waals surface area contributed by atoms with Gasteiger partial charge in [-0.25, -0.2) is 18.5 Å². The first-order chi connectivity index (χ1) is 19.4. The van der Waals surface area contributed by atoms with E-state index >= 15 is 0 Å². The number of carbonyl (C=O) groups is 1. The molecule has 3 aliphatic rings. The quantitative estimate of drug-likeness (QED) is 0.195. The van der Waals surface area contributed by atoms with Crippen LogP contribution < -0.4 is 11.3 Å². The Morgan fingerprint density at radius 3 is 2.62 bits per heavy atom. The lowest BCUT2D eigenvalue weighted by Crippen LogP contribution is -2.43. The summed E-state index contributed by atoms with van der Waals surface area (Å²) in [7, 11) is 0. The number of rotatable bonds is 4. The molecule has 2 aromatic carbocycles. The van der Waals surface area contributed by atoms with Crippen LogP contribution in [0.15, 0.2) is 58.2 Å². The van der Waals surface area contributed by atoms with E-state index in [1.54, 1.807) is 28.6 Å². The number of nitrogen functional groups attached to an aromatic ring is 1. The molecule has 11 heteroatoms. The number of piperazine rings is 1. The number of halogens is 1. The molecule has 0 saturated carbocycles. The van der Waals surface area contributed by atoms with Crippen LogP contribution in [0, 0.1) is 5.82 Å². The minimum Gasteiger partial charge on any atom is -0.458 e. The second kappa shape index (κ2) is 9.70. The van der Waals surface area contributed by atoms with Gasteiger partial charge in [-0.2, -0.15) is 0 Å². The molecule has 4 aromatic rings. The van der Waals surface area contributed by atoms with Gasteiger partial charge >= 0.3 is 5.97 Å². The van der Waals surface area contributed by atoms with Crippen LogP contribution in [0.2, 0.25) is 0 Å². The van der Waals surface area contributed by atoms with Crippen molar-refractivity contribution in [1.82, 2.24) is 18.8 Å². The Hall–Kier alpha value is -3.77. The Bertz CT molecular complexity index is 1740. The van der Waals surface area contributed by atoms with E-state index in [0.717, 1.165) is 42.7 Å². The van der Waals surface area contributed by atoms with Gasteiger partial charge in [-0.15, -0.1) is 0 Å². The molecule has 0 spiro atoms. The van der Waals surface area contributed by atoms with E-state index in [1.165, 1.54) is 11.0 Å². The number of pyridine rings is 2. The fraction of sp³-hybridized carbons (Fsp3) is 0.276. The van der Waals surface area contributed by atoms with E-state index < -0.39 is 17.9 Å². The summed E-state index contributed by atoms with van der Waals surface area (Å²) in [6.07, 6.45) is -1.53. The van der Waals surface area contributed by atoms with Crippen LogP contribution in [-0.4, -0.2) is 56.0 Å². The second-order valence-electron chi connectivity index (χ2n) is 10.3. The van der Waals surface area contributed by atoms with Gasteiger partial charge in [-0.1, -0.05) is 18.2 Å². The maximum atomic E-state index is 14.6. The third-order valence-electron chi connectivity index (χ3n) is 7.88. The highest BCUT2D eigenvalue weighted by Crippen LogP contribution is 2.39. The van der Waals surface area contributed by atoms with Crippen LogP contribution in [0.4, 0.5) is 10.1 Å². The van der Waals surface area contributed by atoms with Crippen molar-refractivity contribution in [2.75, 3.05) is 31.9 Å². The van der Waals surface area contributed by atoms with Gasteiger partial charge in [-0.05, 0) is 41.8 Å². The number of ether oxygens (including phenoxy) is 1.